The van der Waals surface area contributed by atoms with Crippen molar-refractivity contribution in [2.24, 2.45) is 23.2 Å². The molecule has 6 atom stereocenters. The maximum absolute atomic E-state index is 11.9. The van der Waals surface area contributed by atoms with Gasteiger partial charge in [-0.2, -0.15) is 0 Å². The molecule has 0 radical (unpaired) electrons. The first-order valence-electron chi connectivity index (χ1n) is 9.59. The Bertz CT molecular complexity index is 540. The fourth-order valence-electron chi connectivity index (χ4n) is 5.71. The normalized spacial score (nSPS) is 48.3. The second kappa shape index (κ2) is 6.13. The highest BCUT2D eigenvalue weighted by Gasteiger charge is 2.55. The van der Waals surface area contributed by atoms with E-state index >= 15 is 0 Å². The van der Waals surface area contributed by atoms with Crippen molar-refractivity contribution in [1.82, 2.24) is 0 Å². The van der Waals surface area contributed by atoms with Crippen LogP contribution in [0.1, 0.15) is 73.1 Å². The Morgan fingerprint density at radius 1 is 1.12 bits per heavy atom. The van der Waals surface area contributed by atoms with E-state index in [2.05, 4.69) is 40.7 Å². The van der Waals surface area contributed by atoms with Crippen LogP contribution >= 0.6 is 11.6 Å². The first-order valence-corrected chi connectivity index (χ1v) is 10.0. The lowest BCUT2D eigenvalue weighted by Gasteiger charge is -2.57. The lowest BCUT2D eigenvalue weighted by Crippen LogP contribution is -2.58. The van der Waals surface area contributed by atoms with Crippen molar-refractivity contribution in [1.29, 1.82) is 0 Å². The SMILES string of the molecule is CC1=C[C@H]2[C@@H](CC1)[C@@](C)(C=O)CC[C@@H]2[C@@]1(C)CC[C@H](Cl)C(C)(C)O1. The molecule has 2 fully saturated rings. The predicted molar refractivity (Wildman–Crippen MR) is 99.3 cm³/mol. The second-order valence-electron chi connectivity index (χ2n) is 9.53. The highest BCUT2D eigenvalue weighted by Crippen LogP contribution is 2.56. The summed E-state index contributed by atoms with van der Waals surface area (Å²) in [7, 11) is 0. The number of halogens is 1. The van der Waals surface area contributed by atoms with Crippen LogP contribution in [0.4, 0.5) is 0 Å². The highest BCUT2D eigenvalue weighted by atomic mass is 35.5. The van der Waals surface area contributed by atoms with Crippen LogP contribution in [0.15, 0.2) is 11.6 Å². The van der Waals surface area contributed by atoms with Gasteiger partial charge >= 0.3 is 0 Å². The molecule has 1 aliphatic heterocycles. The fraction of sp³-hybridized carbons (Fsp3) is 0.857. The molecule has 0 aromatic rings. The Morgan fingerprint density at radius 3 is 2.46 bits per heavy atom. The molecule has 0 aromatic heterocycles. The third-order valence-corrected chi connectivity index (χ3v) is 8.04. The summed E-state index contributed by atoms with van der Waals surface area (Å²) in [5, 5.41) is 0.0776. The molecule has 3 heteroatoms. The molecule has 0 N–H and O–H groups in total. The van der Waals surface area contributed by atoms with Crippen LogP contribution in [-0.4, -0.2) is 22.9 Å². The Labute approximate surface area is 152 Å². The first-order chi connectivity index (χ1) is 11.1. The van der Waals surface area contributed by atoms with E-state index in [1.54, 1.807) is 0 Å². The van der Waals surface area contributed by atoms with Crippen molar-refractivity contribution in [2.75, 3.05) is 0 Å². The number of carbonyl (C=O) groups excluding carboxylic acids is 1. The monoisotopic (exact) mass is 352 g/mol. The lowest BCUT2D eigenvalue weighted by atomic mass is 9.53. The topological polar surface area (TPSA) is 26.3 Å². The molecule has 136 valence electrons. The average Bonchev–Trinajstić information content (AvgIpc) is 2.51. The number of allylic oxidation sites excluding steroid dienone is 2. The van der Waals surface area contributed by atoms with Crippen LogP contribution in [0.25, 0.3) is 0 Å². The van der Waals surface area contributed by atoms with Gasteiger partial charge in [0.15, 0.2) is 0 Å². The zero-order valence-corrected chi connectivity index (χ0v) is 16.7. The van der Waals surface area contributed by atoms with E-state index < -0.39 is 0 Å². The molecule has 1 saturated heterocycles. The van der Waals surface area contributed by atoms with Crippen LogP contribution in [0.3, 0.4) is 0 Å². The van der Waals surface area contributed by atoms with E-state index in [9.17, 15) is 4.79 Å². The molecule has 1 heterocycles. The maximum atomic E-state index is 11.9. The number of hydrogen-bond donors (Lipinski definition) is 0. The van der Waals surface area contributed by atoms with Crippen LogP contribution in [-0.2, 0) is 9.53 Å². The van der Waals surface area contributed by atoms with Crippen molar-refractivity contribution in [3.63, 3.8) is 0 Å². The smallest absolute Gasteiger partial charge is 0.126 e. The molecule has 0 spiro atoms. The van der Waals surface area contributed by atoms with Crippen molar-refractivity contribution >= 4 is 17.9 Å². The van der Waals surface area contributed by atoms with Crippen molar-refractivity contribution < 1.29 is 9.53 Å². The quantitative estimate of drug-likeness (QED) is 0.371. The third kappa shape index (κ3) is 2.98. The van der Waals surface area contributed by atoms with Crippen LogP contribution in [0, 0.1) is 23.2 Å². The summed E-state index contributed by atoms with van der Waals surface area (Å²) in [6, 6.07) is 0. The minimum absolute atomic E-state index is 0.0776. The number of carbonyl (C=O) groups is 1. The molecule has 0 bridgehead atoms. The molecule has 0 aromatic carbocycles. The molecule has 2 nitrogen and oxygen atoms in total. The van der Waals surface area contributed by atoms with Gasteiger partial charge in [0.1, 0.15) is 6.29 Å². The Hall–Kier alpha value is -0.340. The summed E-state index contributed by atoms with van der Waals surface area (Å²) >= 11 is 6.52. The number of fused-ring (bicyclic) bond motifs is 1. The predicted octanol–water partition coefficient (Wildman–Crippen LogP) is 5.53. The maximum Gasteiger partial charge on any atom is 0.126 e. The van der Waals surface area contributed by atoms with Crippen molar-refractivity contribution in [2.45, 2.75) is 89.7 Å². The van der Waals surface area contributed by atoms with Gasteiger partial charge in [0.25, 0.3) is 0 Å². The van der Waals surface area contributed by atoms with E-state index in [1.807, 2.05) is 0 Å². The third-order valence-electron chi connectivity index (χ3n) is 7.30. The van der Waals surface area contributed by atoms with Crippen LogP contribution in [0.5, 0.6) is 0 Å². The van der Waals surface area contributed by atoms with Crippen molar-refractivity contribution in [3.05, 3.63) is 11.6 Å². The molecule has 24 heavy (non-hydrogen) atoms. The van der Waals surface area contributed by atoms with E-state index in [4.69, 9.17) is 16.3 Å². The molecule has 0 unspecified atom stereocenters. The fourth-order valence-corrected chi connectivity index (χ4v) is 5.86. The second-order valence-corrected chi connectivity index (χ2v) is 10.1. The first kappa shape index (κ1) is 18.5. The summed E-state index contributed by atoms with van der Waals surface area (Å²) in [6.45, 7) is 11.0. The molecule has 0 amide bonds. The van der Waals surface area contributed by atoms with Gasteiger partial charge in [0.2, 0.25) is 0 Å². The van der Waals surface area contributed by atoms with Crippen LogP contribution in [0.2, 0.25) is 0 Å². The van der Waals surface area contributed by atoms with Gasteiger partial charge in [0, 0.05) is 5.41 Å². The van der Waals surface area contributed by atoms with Gasteiger partial charge in [-0.25, -0.2) is 0 Å². The summed E-state index contributed by atoms with van der Waals surface area (Å²) in [4.78, 5) is 11.9. The van der Waals surface area contributed by atoms with Gasteiger partial charge < -0.3 is 9.53 Å². The number of rotatable bonds is 2. The summed E-state index contributed by atoms with van der Waals surface area (Å²) in [5.41, 5.74) is 0.873. The van der Waals surface area contributed by atoms with E-state index in [0.717, 1.165) is 38.5 Å². The largest absolute Gasteiger partial charge is 0.368 e. The summed E-state index contributed by atoms with van der Waals surface area (Å²) in [6.07, 6.45) is 10.0. The number of alkyl halides is 1. The highest BCUT2D eigenvalue weighted by molar-refractivity contribution is 6.21. The lowest BCUT2D eigenvalue weighted by molar-refractivity contribution is -0.208. The molecule has 3 rings (SSSR count). The number of hydrogen-bond acceptors (Lipinski definition) is 2. The van der Waals surface area contributed by atoms with Crippen LogP contribution < -0.4 is 0 Å². The molecule has 2 aliphatic carbocycles. The van der Waals surface area contributed by atoms with E-state index in [-0.39, 0.29) is 22.0 Å². The van der Waals surface area contributed by atoms with Gasteiger partial charge in [-0.05, 0) is 84.0 Å². The van der Waals surface area contributed by atoms with Gasteiger partial charge in [-0.3, -0.25) is 0 Å². The molecular formula is C21H33ClO2. The minimum Gasteiger partial charge on any atom is -0.368 e. The Morgan fingerprint density at radius 2 is 1.83 bits per heavy atom. The zero-order chi connectivity index (χ0) is 17.8. The average molecular weight is 353 g/mol. The minimum atomic E-state index is -0.289. The molecular weight excluding hydrogens is 320 g/mol. The van der Waals surface area contributed by atoms with E-state index in [0.29, 0.717) is 17.8 Å². The van der Waals surface area contributed by atoms with E-state index in [1.165, 1.54) is 11.9 Å². The Kier molecular flexibility index (Phi) is 4.71. The summed E-state index contributed by atoms with van der Waals surface area (Å²) in [5.74, 6) is 1.39. The number of aldehydes is 1. The molecule has 3 aliphatic rings. The number of ether oxygens (including phenoxy) is 1. The zero-order valence-electron chi connectivity index (χ0n) is 15.9. The standard InChI is InChI=1S/C21H33ClO2/c1-14-6-7-16-15(12-14)17(8-10-20(16,4)13-23)21(5)11-9-18(22)19(2,3)24-21/h12-13,15-18H,6-11H2,1-5H3/t15-,16+,17-,18-,20+,21+/m0/s1. The van der Waals surface area contributed by atoms with Gasteiger partial charge in [0.05, 0.1) is 16.6 Å². The van der Waals surface area contributed by atoms with Crippen molar-refractivity contribution in [3.8, 4) is 0 Å². The van der Waals surface area contributed by atoms with Gasteiger partial charge in [-0.15, -0.1) is 11.6 Å². The molecule has 1 saturated carbocycles. The van der Waals surface area contributed by atoms with Gasteiger partial charge in [-0.1, -0.05) is 18.6 Å². The Balaban J connectivity index is 1.93. The summed E-state index contributed by atoms with van der Waals surface area (Å²) < 4.78 is 6.65.